The Hall–Kier alpha value is -1.83. The van der Waals surface area contributed by atoms with Crippen molar-refractivity contribution in [2.45, 2.75) is 46.1 Å². The summed E-state index contributed by atoms with van der Waals surface area (Å²) in [6.07, 6.45) is 4.17. The number of morpholine rings is 1. The van der Waals surface area contributed by atoms with E-state index in [-0.39, 0.29) is 22.8 Å². The van der Waals surface area contributed by atoms with Crippen LogP contribution >= 0.6 is 0 Å². The Balaban J connectivity index is 1.36. The van der Waals surface area contributed by atoms with Gasteiger partial charge in [-0.05, 0) is 30.6 Å². The fourth-order valence-corrected chi connectivity index (χ4v) is 4.72. The van der Waals surface area contributed by atoms with E-state index >= 15 is 0 Å². The predicted octanol–water partition coefficient (Wildman–Crippen LogP) is 2.29. The van der Waals surface area contributed by atoms with E-state index in [4.69, 9.17) is 14.0 Å². The topological polar surface area (TPSA) is 82.8 Å². The van der Waals surface area contributed by atoms with Crippen LogP contribution in [0.5, 0.6) is 0 Å². The van der Waals surface area contributed by atoms with Gasteiger partial charge in [-0.3, -0.25) is 4.79 Å². The highest BCUT2D eigenvalue weighted by molar-refractivity contribution is 5.88. The first-order valence-electron chi connectivity index (χ1n) is 9.04. The van der Waals surface area contributed by atoms with E-state index in [1.807, 2.05) is 5.01 Å². The third kappa shape index (κ3) is 2.67. The van der Waals surface area contributed by atoms with E-state index in [1.165, 1.54) is 6.42 Å². The first kappa shape index (κ1) is 16.6. The van der Waals surface area contributed by atoms with Crippen LogP contribution in [0.15, 0.2) is 10.7 Å². The summed E-state index contributed by atoms with van der Waals surface area (Å²) in [6, 6.07) is 0. The second-order valence-electron chi connectivity index (χ2n) is 8.12. The van der Waals surface area contributed by atoms with Crippen molar-refractivity contribution >= 4 is 12.0 Å². The summed E-state index contributed by atoms with van der Waals surface area (Å²) in [5.74, 6) is 0.771. The number of hydrogen-bond acceptors (Lipinski definition) is 6. The predicted molar refractivity (Wildman–Crippen MR) is 88.0 cm³/mol. The number of ether oxygens (including phenoxy) is 2. The number of fused-ring (bicyclic) bond motifs is 2. The zero-order chi connectivity index (χ0) is 17.7. The molecule has 1 amide bonds. The molecule has 2 saturated carbocycles. The standard InChI is InChI=1S/C17H26N4O4/c1-16(2)12-4-5-17(16,3)13(10-12)24-15(22)18-14-11-21(19-25-14)20-6-8-23-9-7-20/h11-13H,4-10H2,1-3H3. The maximum Gasteiger partial charge on any atom is 0.257 e. The smallest absolute Gasteiger partial charge is 0.257 e. The van der Waals surface area contributed by atoms with Crippen molar-refractivity contribution < 1.29 is 23.6 Å². The van der Waals surface area contributed by atoms with Crippen LogP contribution in [0.2, 0.25) is 0 Å². The van der Waals surface area contributed by atoms with Gasteiger partial charge in [0.2, 0.25) is 11.4 Å². The zero-order valence-corrected chi connectivity index (χ0v) is 15.1. The highest BCUT2D eigenvalue weighted by Crippen LogP contribution is 2.66. The molecule has 2 heterocycles. The lowest BCUT2D eigenvalue weighted by Crippen LogP contribution is -2.62. The quantitative estimate of drug-likeness (QED) is 0.778. The lowest BCUT2D eigenvalue weighted by atomic mass is 9.70. The van der Waals surface area contributed by atoms with Gasteiger partial charge < -0.3 is 19.3 Å². The molecular weight excluding hydrogens is 324 g/mol. The third-order valence-corrected chi connectivity index (χ3v) is 6.88. The van der Waals surface area contributed by atoms with Crippen molar-refractivity contribution in [2.24, 2.45) is 16.7 Å². The number of amides is 1. The van der Waals surface area contributed by atoms with Crippen LogP contribution < -0.4 is 9.80 Å². The average Bonchev–Trinajstić information content (AvgIpc) is 3.18. The normalized spacial score (nSPS) is 33.5. The van der Waals surface area contributed by atoms with Crippen LogP contribution in [-0.4, -0.2) is 43.8 Å². The van der Waals surface area contributed by atoms with Crippen LogP contribution in [0.3, 0.4) is 0 Å². The minimum atomic E-state index is -0.597. The van der Waals surface area contributed by atoms with Gasteiger partial charge in [0.1, 0.15) is 12.0 Å². The van der Waals surface area contributed by atoms with Gasteiger partial charge in [0.25, 0.3) is 6.20 Å². The molecule has 4 rings (SSSR count). The molecule has 1 saturated heterocycles. The summed E-state index contributed by atoms with van der Waals surface area (Å²) in [7, 11) is 0. The molecule has 8 nitrogen and oxygen atoms in total. The van der Waals surface area contributed by atoms with Crippen LogP contribution in [0.25, 0.3) is 5.32 Å². The molecule has 0 aromatic carbocycles. The molecule has 0 spiro atoms. The number of hydrogen-bond donors (Lipinski definition) is 0. The molecule has 1 aliphatic heterocycles. The Morgan fingerprint density at radius 2 is 2.16 bits per heavy atom. The van der Waals surface area contributed by atoms with Crippen molar-refractivity contribution in [1.29, 1.82) is 0 Å². The van der Waals surface area contributed by atoms with Gasteiger partial charge in [0.05, 0.1) is 31.1 Å². The molecule has 2 aliphatic carbocycles. The van der Waals surface area contributed by atoms with Crippen molar-refractivity contribution in [3.05, 3.63) is 11.5 Å². The molecule has 3 fully saturated rings. The van der Waals surface area contributed by atoms with Gasteiger partial charge in [0, 0.05) is 5.41 Å². The molecule has 25 heavy (non-hydrogen) atoms. The maximum absolute atomic E-state index is 12.3. The zero-order valence-electron chi connectivity index (χ0n) is 15.1. The fraction of sp³-hybridized carbons (Fsp3) is 0.824. The Labute approximate surface area is 147 Å². The number of carbonyl (C=O) groups is 1. The summed E-state index contributed by atoms with van der Waals surface area (Å²) in [5, 5.41) is 9.81. The lowest BCUT2D eigenvalue weighted by molar-refractivity contribution is -0.759. The molecule has 8 heteroatoms. The molecule has 3 aliphatic rings. The third-order valence-electron chi connectivity index (χ3n) is 6.88. The minimum Gasteiger partial charge on any atom is -0.552 e. The van der Waals surface area contributed by atoms with Gasteiger partial charge in [-0.1, -0.05) is 20.8 Å². The summed E-state index contributed by atoms with van der Waals surface area (Å²) in [5.41, 5.74) is 0.224. The van der Waals surface area contributed by atoms with Crippen LogP contribution in [0.1, 0.15) is 40.0 Å². The van der Waals surface area contributed by atoms with Gasteiger partial charge in [0.15, 0.2) is 0 Å². The van der Waals surface area contributed by atoms with Crippen LogP contribution in [0.4, 0.5) is 10.7 Å². The fourth-order valence-electron chi connectivity index (χ4n) is 4.72. The average molecular weight is 350 g/mol. The van der Waals surface area contributed by atoms with Gasteiger partial charge >= 0.3 is 0 Å². The van der Waals surface area contributed by atoms with E-state index in [0.29, 0.717) is 19.1 Å². The summed E-state index contributed by atoms with van der Waals surface area (Å²) >= 11 is 0. The maximum atomic E-state index is 12.3. The van der Waals surface area contributed by atoms with Crippen LogP contribution in [-0.2, 0) is 9.47 Å². The number of nitrogens with zero attached hydrogens (tertiary/aromatic N) is 4. The van der Waals surface area contributed by atoms with E-state index in [0.717, 1.165) is 25.9 Å². The SMILES string of the molecule is CC1(C)C2CCC1(C)C(OC(=O)[N-]c1c[n+](N3CCOCC3)no1)C2. The summed E-state index contributed by atoms with van der Waals surface area (Å²) in [4.78, 5) is 13.8. The highest BCUT2D eigenvalue weighted by Gasteiger charge is 2.62. The summed E-state index contributed by atoms with van der Waals surface area (Å²) < 4.78 is 16.2. The first-order valence-corrected chi connectivity index (χ1v) is 9.04. The summed E-state index contributed by atoms with van der Waals surface area (Å²) in [6.45, 7) is 9.54. The molecule has 2 bridgehead atoms. The molecule has 3 unspecified atom stereocenters. The Bertz CT molecular complexity index is 655. The van der Waals surface area contributed by atoms with Crippen molar-refractivity contribution in [1.82, 2.24) is 5.27 Å². The molecule has 0 N–H and O–H groups in total. The van der Waals surface area contributed by atoms with Crippen LogP contribution in [0, 0.1) is 16.7 Å². The monoisotopic (exact) mass is 350 g/mol. The number of rotatable bonds is 3. The minimum absolute atomic E-state index is 0.0258. The number of carbonyl (C=O) groups excluding carboxylic acids is 1. The van der Waals surface area contributed by atoms with Crippen molar-refractivity contribution in [3.63, 3.8) is 0 Å². The molecule has 138 valence electrons. The van der Waals surface area contributed by atoms with Gasteiger partial charge in [-0.2, -0.15) is 0 Å². The number of aromatic nitrogens is 2. The largest absolute Gasteiger partial charge is 0.552 e. The lowest BCUT2D eigenvalue weighted by Gasteiger charge is -2.39. The van der Waals surface area contributed by atoms with Gasteiger partial charge in [-0.15, -0.1) is 5.01 Å². The Kier molecular flexibility index (Phi) is 3.90. The molecule has 1 aromatic heterocycles. The molecule has 3 atom stereocenters. The van der Waals surface area contributed by atoms with E-state index in [9.17, 15) is 4.79 Å². The van der Waals surface area contributed by atoms with E-state index in [1.54, 1.807) is 11.0 Å². The van der Waals surface area contributed by atoms with E-state index < -0.39 is 6.09 Å². The molecule has 1 aromatic rings. The highest BCUT2D eigenvalue weighted by atomic mass is 16.6. The Morgan fingerprint density at radius 1 is 1.40 bits per heavy atom. The molecular formula is C17H26N4O4. The second-order valence-corrected chi connectivity index (χ2v) is 8.12. The van der Waals surface area contributed by atoms with Gasteiger partial charge in [-0.25, -0.2) is 0 Å². The molecule has 0 radical (unpaired) electrons. The van der Waals surface area contributed by atoms with Crippen molar-refractivity contribution in [3.8, 4) is 0 Å². The van der Waals surface area contributed by atoms with Crippen molar-refractivity contribution in [2.75, 3.05) is 31.3 Å². The van der Waals surface area contributed by atoms with E-state index in [2.05, 4.69) is 31.4 Å². The second kappa shape index (κ2) is 5.86. The Morgan fingerprint density at radius 3 is 2.80 bits per heavy atom. The first-order chi connectivity index (χ1) is 11.9.